The molecule has 0 heterocycles. The Balaban J connectivity index is 2.99. The maximum atomic E-state index is 5.87. The molecule has 0 fully saturated rings. The number of halogens is 2. The summed E-state index contributed by atoms with van der Waals surface area (Å²) in [6.45, 7) is 0.595. The van der Waals surface area contributed by atoms with Crippen LogP contribution in [0.4, 0.5) is 0 Å². The van der Waals surface area contributed by atoms with Gasteiger partial charge in [0, 0.05) is 21.8 Å². The molecular formula is C9H11Cl2NS. The highest BCUT2D eigenvalue weighted by Gasteiger charge is 2.08. The zero-order valence-corrected chi connectivity index (χ0v) is 9.59. The van der Waals surface area contributed by atoms with E-state index in [1.54, 1.807) is 17.8 Å². The lowest BCUT2D eigenvalue weighted by Gasteiger charge is -2.12. The molecular weight excluding hydrogens is 225 g/mol. The minimum absolute atomic E-state index is 0.274. The van der Waals surface area contributed by atoms with E-state index in [0.717, 1.165) is 5.56 Å². The number of thioether (sulfide) groups is 1. The van der Waals surface area contributed by atoms with E-state index >= 15 is 0 Å². The number of nitrogens with two attached hydrogens (primary N) is 1. The molecule has 4 heteroatoms. The zero-order chi connectivity index (χ0) is 9.84. The molecule has 0 amide bonds. The molecule has 0 saturated heterocycles. The molecule has 72 valence electrons. The highest BCUT2D eigenvalue weighted by molar-refractivity contribution is 7.98. The van der Waals surface area contributed by atoms with E-state index < -0.39 is 0 Å². The van der Waals surface area contributed by atoms with Crippen LogP contribution in [-0.2, 0) is 0 Å². The van der Waals surface area contributed by atoms with Gasteiger partial charge in [-0.15, -0.1) is 0 Å². The second kappa shape index (κ2) is 5.11. The molecule has 1 atom stereocenters. The van der Waals surface area contributed by atoms with Crippen LogP contribution in [0.25, 0.3) is 0 Å². The maximum Gasteiger partial charge on any atom is 0.0423 e. The Morgan fingerprint density at radius 1 is 1.31 bits per heavy atom. The van der Waals surface area contributed by atoms with Crippen LogP contribution in [0.1, 0.15) is 10.8 Å². The third kappa shape index (κ3) is 3.06. The SMILES string of the molecule is CSC(CN)c1cc(Cl)cc(Cl)c1. The fourth-order valence-corrected chi connectivity index (χ4v) is 2.27. The Morgan fingerprint density at radius 2 is 1.85 bits per heavy atom. The lowest BCUT2D eigenvalue weighted by atomic mass is 10.1. The van der Waals surface area contributed by atoms with E-state index in [0.29, 0.717) is 16.6 Å². The maximum absolute atomic E-state index is 5.87. The Kier molecular flexibility index (Phi) is 4.39. The van der Waals surface area contributed by atoms with E-state index in [1.807, 2.05) is 18.4 Å². The van der Waals surface area contributed by atoms with Crippen molar-refractivity contribution in [1.29, 1.82) is 0 Å². The average molecular weight is 236 g/mol. The topological polar surface area (TPSA) is 26.0 Å². The van der Waals surface area contributed by atoms with E-state index in [4.69, 9.17) is 28.9 Å². The lowest BCUT2D eigenvalue weighted by molar-refractivity contribution is 0.945. The fourth-order valence-electron chi connectivity index (χ4n) is 1.13. The van der Waals surface area contributed by atoms with Crippen LogP contribution in [-0.4, -0.2) is 12.8 Å². The first kappa shape index (κ1) is 11.2. The molecule has 0 aliphatic rings. The molecule has 0 aliphatic carbocycles. The molecule has 13 heavy (non-hydrogen) atoms. The lowest BCUT2D eigenvalue weighted by Crippen LogP contribution is -2.08. The van der Waals surface area contributed by atoms with Gasteiger partial charge in [-0.1, -0.05) is 23.2 Å². The van der Waals surface area contributed by atoms with E-state index in [2.05, 4.69) is 0 Å². The monoisotopic (exact) mass is 235 g/mol. The Bertz CT molecular complexity index is 267. The standard InChI is InChI=1S/C9H11Cl2NS/c1-13-9(5-12)6-2-7(10)4-8(11)3-6/h2-4,9H,5,12H2,1H3. The van der Waals surface area contributed by atoms with Crippen molar-refractivity contribution in [2.24, 2.45) is 5.73 Å². The third-order valence-corrected chi connectivity index (χ3v) is 3.23. The van der Waals surface area contributed by atoms with Crippen molar-refractivity contribution in [3.63, 3.8) is 0 Å². The predicted molar refractivity (Wildman–Crippen MR) is 61.8 cm³/mol. The van der Waals surface area contributed by atoms with Gasteiger partial charge in [0.25, 0.3) is 0 Å². The summed E-state index contributed by atoms with van der Waals surface area (Å²) in [5, 5.41) is 1.60. The van der Waals surface area contributed by atoms with Crippen LogP contribution in [0.2, 0.25) is 10.0 Å². The van der Waals surface area contributed by atoms with Gasteiger partial charge in [-0.05, 0) is 30.0 Å². The van der Waals surface area contributed by atoms with Crippen molar-refractivity contribution in [2.45, 2.75) is 5.25 Å². The normalized spacial score (nSPS) is 12.9. The van der Waals surface area contributed by atoms with E-state index in [-0.39, 0.29) is 5.25 Å². The van der Waals surface area contributed by atoms with Gasteiger partial charge in [-0.3, -0.25) is 0 Å². The summed E-state index contributed by atoms with van der Waals surface area (Å²) in [7, 11) is 0. The van der Waals surface area contributed by atoms with Crippen LogP contribution < -0.4 is 5.73 Å². The summed E-state index contributed by atoms with van der Waals surface area (Å²) in [6, 6.07) is 5.53. The number of hydrogen-bond donors (Lipinski definition) is 1. The van der Waals surface area contributed by atoms with Crippen molar-refractivity contribution in [2.75, 3.05) is 12.8 Å². The van der Waals surface area contributed by atoms with Crippen molar-refractivity contribution >= 4 is 35.0 Å². The van der Waals surface area contributed by atoms with Gasteiger partial charge in [0.2, 0.25) is 0 Å². The van der Waals surface area contributed by atoms with Crippen LogP contribution in [0.3, 0.4) is 0 Å². The first-order valence-electron chi connectivity index (χ1n) is 3.86. The molecule has 0 spiro atoms. The molecule has 0 saturated carbocycles. The highest BCUT2D eigenvalue weighted by atomic mass is 35.5. The van der Waals surface area contributed by atoms with Gasteiger partial charge in [-0.2, -0.15) is 11.8 Å². The van der Waals surface area contributed by atoms with Crippen LogP contribution in [0.15, 0.2) is 18.2 Å². The van der Waals surface area contributed by atoms with E-state index in [9.17, 15) is 0 Å². The zero-order valence-electron chi connectivity index (χ0n) is 7.26. The second-order valence-corrected chi connectivity index (χ2v) is 4.58. The number of hydrogen-bond acceptors (Lipinski definition) is 2. The molecule has 1 aromatic carbocycles. The first-order chi connectivity index (χ1) is 6.17. The number of rotatable bonds is 3. The molecule has 0 aliphatic heterocycles. The molecule has 0 bridgehead atoms. The summed E-state index contributed by atoms with van der Waals surface area (Å²) >= 11 is 13.4. The smallest absolute Gasteiger partial charge is 0.0423 e. The summed E-state index contributed by atoms with van der Waals surface area (Å²) in [4.78, 5) is 0. The van der Waals surface area contributed by atoms with Crippen molar-refractivity contribution < 1.29 is 0 Å². The van der Waals surface area contributed by atoms with Gasteiger partial charge in [0.05, 0.1) is 0 Å². The minimum atomic E-state index is 0.274. The molecule has 0 radical (unpaired) electrons. The van der Waals surface area contributed by atoms with Crippen LogP contribution >= 0.6 is 35.0 Å². The molecule has 0 aromatic heterocycles. The molecule has 1 unspecified atom stereocenters. The largest absolute Gasteiger partial charge is 0.329 e. The predicted octanol–water partition coefficient (Wildman–Crippen LogP) is 3.36. The van der Waals surface area contributed by atoms with Gasteiger partial charge in [0.15, 0.2) is 0 Å². The summed E-state index contributed by atoms with van der Waals surface area (Å²) in [5.41, 5.74) is 6.70. The molecule has 2 N–H and O–H groups in total. The van der Waals surface area contributed by atoms with Gasteiger partial charge >= 0.3 is 0 Å². The van der Waals surface area contributed by atoms with Crippen LogP contribution in [0.5, 0.6) is 0 Å². The number of benzene rings is 1. The highest BCUT2D eigenvalue weighted by Crippen LogP contribution is 2.29. The van der Waals surface area contributed by atoms with Crippen molar-refractivity contribution in [3.05, 3.63) is 33.8 Å². The summed E-state index contributed by atoms with van der Waals surface area (Å²) in [6.07, 6.45) is 2.02. The van der Waals surface area contributed by atoms with Crippen LogP contribution in [0, 0.1) is 0 Å². The molecule has 1 rings (SSSR count). The summed E-state index contributed by atoms with van der Waals surface area (Å²) < 4.78 is 0. The van der Waals surface area contributed by atoms with Gasteiger partial charge in [-0.25, -0.2) is 0 Å². The van der Waals surface area contributed by atoms with Gasteiger partial charge < -0.3 is 5.73 Å². The first-order valence-corrected chi connectivity index (χ1v) is 5.90. The van der Waals surface area contributed by atoms with Crippen molar-refractivity contribution in [3.8, 4) is 0 Å². The van der Waals surface area contributed by atoms with Crippen molar-refractivity contribution in [1.82, 2.24) is 0 Å². The van der Waals surface area contributed by atoms with E-state index in [1.165, 1.54) is 0 Å². The second-order valence-electron chi connectivity index (χ2n) is 2.66. The quantitative estimate of drug-likeness (QED) is 0.870. The average Bonchev–Trinajstić information content (AvgIpc) is 2.04. The summed E-state index contributed by atoms with van der Waals surface area (Å²) in [5.74, 6) is 0. The Labute approximate surface area is 92.6 Å². The Hall–Kier alpha value is 0.110. The third-order valence-electron chi connectivity index (χ3n) is 1.76. The van der Waals surface area contributed by atoms with Gasteiger partial charge in [0.1, 0.15) is 0 Å². The molecule has 1 nitrogen and oxygen atoms in total. The Morgan fingerprint density at radius 3 is 2.23 bits per heavy atom. The fraction of sp³-hybridized carbons (Fsp3) is 0.333. The molecule has 1 aromatic rings. The minimum Gasteiger partial charge on any atom is -0.329 e.